The molecule has 5 heteroatoms. The molecule has 1 amide bonds. The highest BCUT2D eigenvalue weighted by Gasteiger charge is 2.39. The van der Waals surface area contributed by atoms with Gasteiger partial charge in [0.1, 0.15) is 6.54 Å². The Hall–Kier alpha value is -1.10. The van der Waals surface area contributed by atoms with Crippen molar-refractivity contribution in [3.05, 3.63) is 0 Å². The molecule has 0 aromatic rings. The van der Waals surface area contributed by atoms with Crippen molar-refractivity contribution in [2.75, 3.05) is 13.1 Å². The number of hydrogen-bond donors (Lipinski definition) is 2. The lowest BCUT2D eigenvalue weighted by Crippen LogP contribution is -2.45. The number of aliphatic carboxylic acids is 1. The summed E-state index contributed by atoms with van der Waals surface area (Å²) in [5.74, 6) is -0.429. The largest absolute Gasteiger partial charge is 0.480 e. The van der Waals surface area contributed by atoms with Crippen molar-refractivity contribution < 1.29 is 14.7 Å². The molecule has 2 aliphatic carbocycles. The summed E-state index contributed by atoms with van der Waals surface area (Å²) in [6, 6.07) is 0.999. The first-order chi connectivity index (χ1) is 8.08. The van der Waals surface area contributed by atoms with Crippen molar-refractivity contribution in [1.82, 2.24) is 10.2 Å². The summed E-state index contributed by atoms with van der Waals surface area (Å²) >= 11 is 0. The number of hydrogen-bond acceptors (Lipinski definition) is 3. The van der Waals surface area contributed by atoms with Crippen LogP contribution in [0.15, 0.2) is 0 Å². The second-order valence-electron chi connectivity index (χ2n) is 5.15. The standard InChI is InChI=1S/C12H20N2O3/c1-8(9-2-3-9)14(10-4-5-10)7-11(15)13-6-12(16)17/h8-10H,2-7H2,1H3,(H,13,15)(H,16,17). The number of amides is 1. The molecule has 0 saturated heterocycles. The van der Waals surface area contributed by atoms with Crippen LogP contribution in [0, 0.1) is 5.92 Å². The number of nitrogens with one attached hydrogen (secondary N) is 1. The van der Waals surface area contributed by atoms with Gasteiger partial charge in [0.15, 0.2) is 0 Å². The predicted octanol–water partition coefficient (Wildman–Crippen LogP) is 0.450. The van der Waals surface area contributed by atoms with E-state index in [0.717, 1.165) is 5.92 Å². The molecular weight excluding hydrogens is 220 g/mol. The summed E-state index contributed by atoms with van der Waals surface area (Å²) in [7, 11) is 0. The highest BCUT2D eigenvalue weighted by atomic mass is 16.4. The lowest BCUT2D eigenvalue weighted by Gasteiger charge is -2.28. The Morgan fingerprint density at radius 3 is 2.47 bits per heavy atom. The summed E-state index contributed by atoms with van der Waals surface area (Å²) < 4.78 is 0. The van der Waals surface area contributed by atoms with E-state index in [1.165, 1.54) is 25.7 Å². The Balaban J connectivity index is 1.80. The monoisotopic (exact) mass is 240 g/mol. The summed E-state index contributed by atoms with van der Waals surface area (Å²) in [5, 5.41) is 10.9. The molecule has 1 atom stereocenters. The second-order valence-corrected chi connectivity index (χ2v) is 5.15. The van der Waals surface area contributed by atoms with E-state index < -0.39 is 5.97 Å². The third kappa shape index (κ3) is 3.70. The molecule has 0 heterocycles. The third-order valence-electron chi connectivity index (χ3n) is 3.61. The molecule has 2 rings (SSSR count). The second kappa shape index (κ2) is 5.04. The number of carboxylic acids is 1. The first-order valence-corrected chi connectivity index (χ1v) is 6.32. The van der Waals surface area contributed by atoms with Gasteiger partial charge >= 0.3 is 5.97 Å². The van der Waals surface area contributed by atoms with Gasteiger partial charge in [-0.1, -0.05) is 0 Å². The molecule has 0 aliphatic heterocycles. The van der Waals surface area contributed by atoms with Gasteiger partial charge in [-0.3, -0.25) is 14.5 Å². The van der Waals surface area contributed by atoms with E-state index in [9.17, 15) is 9.59 Å². The molecule has 17 heavy (non-hydrogen) atoms. The fourth-order valence-corrected chi connectivity index (χ4v) is 2.26. The fraction of sp³-hybridized carbons (Fsp3) is 0.833. The predicted molar refractivity (Wildman–Crippen MR) is 62.6 cm³/mol. The minimum absolute atomic E-state index is 0.174. The van der Waals surface area contributed by atoms with Crippen LogP contribution in [0.3, 0.4) is 0 Å². The van der Waals surface area contributed by atoms with E-state index in [1.54, 1.807) is 0 Å². The van der Waals surface area contributed by atoms with Crippen LogP contribution >= 0.6 is 0 Å². The van der Waals surface area contributed by atoms with Gasteiger partial charge < -0.3 is 10.4 Å². The molecule has 5 nitrogen and oxygen atoms in total. The van der Waals surface area contributed by atoms with Gasteiger partial charge in [0.25, 0.3) is 0 Å². The maximum absolute atomic E-state index is 11.6. The van der Waals surface area contributed by atoms with Gasteiger partial charge in [-0.05, 0) is 38.5 Å². The average molecular weight is 240 g/mol. The minimum Gasteiger partial charge on any atom is -0.480 e. The van der Waals surface area contributed by atoms with E-state index in [4.69, 9.17) is 5.11 Å². The van der Waals surface area contributed by atoms with Gasteiger partial charge in [-0.15, -0.1) is 0 Å². The third-order valence-corrected chi connectivity index (χ3v) is 3.61. The molecule has 2 N–H and O–H groups in total. The van der Waals surface area contributed by atoms with Crippen molar-refractivity contribution in [3.8, 4) is 0 Å². The van der Waals surface area contributed by atoms with E-state index in [-0.39, 0.29) is 12.5 Å². The van der Waals surface area contributed by atoms with Crippen LogP contribution in [0.2, 0.25) is 0 Å². The SMILES string of the molecule is CC(C1CC1)N(CC(=O)NCC(=O)O)C1CC1. The smallest absolute Gasteiger partial charge is 0.322 e. The summed E-state index contributed by atoms with van der Waals surface area (Å²) in [6.45, 7) is 2.24. The van der Waals surface area contributed by atoms with Gasteiger partial charge in [-0.2, -0.15) is 0 Å². The van der Waals surface area contributed by atoms with Crippen molar-refractivity contribution in [1.29, 1.82) is 0 Å². The lowest BCUT2D eigenvalue weighted by atomic mass is 10.1. The Kier molecular flexibility index (Phi) is 3.66. The zero-order chi connectivity index (χ0) is 12.4. The summed E-state index contributed by atoms with van der Waals surface area (Å²) in [4.78, 5) is 24.2. The van der Waals surface area contributed by atoms with Crippen LogP contribution in [-0.2, 0) is 9.59 Å². The van der Waals surface area contributed by atoms with Crippen molar-refractivity contribution in [2.24, 2.45) is 5.92 Å². The van der Waals surface area contributed by atoms with E-state index >= 15 is 0 Å². The topological polar surface area (TPSA) is 69.6 Å². The first kappa shape index (κ1) is 12.4. The van der Waals surface area contributed by atoms with E-state index in [2.05, 4.69) is 17.1 Å². The quantitative estimate of drug-likeness (QED) is 0.678. The van der Waals surface area contributed by atoms with Gasteiger partial charge in [0.05, 0.1) is 6.54 Å². The highest BCUT2D eigenvalue weighted by molar-refractivity contribution is 5.82. The van der Waals surface area contributed by atoms with Crippen molar-refractivity contribution in [2.45, 2.75) is 44.7 Å². The Bertz CT molecular complexity index is 311. The van der Waals surface area contributed by atoms with Crippen LogP contribution in [0.4, 0.5) is 0 Å². The molecule has 0 aromatic heterocycles. The number of nitrogens with zero attached hydrogens (tertiary/aromatic N) is 1. The fourth-order valence-electron chi connectivity index (χ4n) is 2.26. The molecular formula is C12H20N2O3. The van der Waals surface area contributed by atoms with Crippen LogP contribution in [0.5, 0.6) is 0 Å². The Labute approximate surface area is 101 Å². The maximum atomic E-state index is 11.6. The number of carbonyl (C=O) groups is 2. The summed E-state index contributed by atoms with van der Waals surface area (Å²) in [5.41, 5.74) is 0. The van der Waals surface area contributed by atoms with Gasteiger partial charge in [0.2, 0.25) is 5.91 Å². The maximum Gasteiger partial charge on any atom is 0.322 e. The molecule has 2 saturated carbocycles. The molecule has 0 spiro atoms. The number of rotatable bonds is 7. The van der Waals surface area contributed by atoms with Crippen molar-refractivity contribution in [3.63, 3.8) is 0 Å². The number of carbonyl (C=O) groups excluding carboxylic acids is 1. The molecule has 2 aliphatic rings. The molecule has 0 bridgehead atoms. The number of carboxylic acid groups (broad SMARTS) is 1. The van der Waals surface area contributed by atoms with Crippen LogP contribution < -0.4 is 5.32 Å². The first-order valence-electron chi connectivity index (χ1n) is 6.32. The normalized spacial score (nSPS) is 21.3. The lowest BCUT2D eigenvalue weighted by molar-refractivity contribution is -0.138. The molecule has 0 radical (unpaired) electrons. The molecule has 0 aromatic carbocycles. The minimum atomic E-state index is -0.994. The van der Waals surface area contributed by atoms with Crippen molar-refractivity contribution >= 4 is 11.9 Å². The average Bonchev–Trinajstić information content (AvgIpc) is 3.14. The summed E-state index contributed by atoms with van der Waals surface area (Å²) in [6.07, 6.45) is 4.87. The van der Waals surface area contributed by atoms with Gasteiger partial charge in [0, 0.05) is 12.1 Å². The zero-order valence-corrected chi connectivity index (χ0v) is 10.2. The van der Waals surface area contributed by atoms with E-state index in [0.29, 0.717) is 18.6 Å². The van der Waals surface area contributed by atoms with Gasteiger partial charge in [-0.25, -0.2) is 0 Å². The molecule has 1 unspecified atom stereocenters. The zero-order valence-electron chi connectivity index (χ0n) is 10.2. The Morgan fingerprint density at radius 2 is 2.00 bits per heavy atom. The van der Waals surface area contributed by atoms with E-state index in [1.807, 2.05) is 0 Å². The molecule has 2 fully saturated rings. The Morgan fingerprint density at radius 1 is 1.35 bits per heavy atom. The van der Waals surface area contributed by atoms with Crippen LogP contribution in [0.1, 0.15) is 32.6 Å². The molecule has 96 valence electrons. The van der Waals surface area contributed by atoms with Crippen LogP contribution in [-0.4, -0.2) is 47.1 Å². The van der Waals surface area contributed by atoms with Crippen LogP contribution in [0.25, 0.3) is 0 Å². The highest BCUT2D eigenvalue weighted by Crippen LogP contribution is 2.39.